The summed E-state index contributed by atoms with van der Waals surface area (Å²) in [7, 11) is 1.57. The van der Waals surface area contributed by atoms with Crippen LogP contribution >= 0.6 is 15.9 Å². The number of aliphatic hydroxyl groups excluding tert-OH is 1. The normalized spacial score (nSPS) is 15.5. The van der Waals surface area contributed by atoms with E-state index in [2.05, 4.69) is 15.9 Å². The average molecular weight is 319 g/mol. The van der Waals surface area contributed by atoms with Crippen LogP contribution in [0.3, 0.4) is 0 Å². The minimum absolute atomic E-state index is 0.194. The number of ether oxygens (including phenoxy) is 1. The number of halogens is 2. The second-order valence-electron chi connectivity index (χ2n) is 5.53. The van der Waals surface area contributed by atoms with Gasteiger partial charge in [0.2, 0.25) is 0 Å². The molecule has 1 N–H and O–H groups in total. The highest BCUT2D eigenvalue weighted by atomic mass is 79.9. The highest BCUT2D eigenvalue weighted by Crippen LogP contribution is 2.27. The summed E-state index contributed by atoms with van der Waals surface area (Å²) in [6.45, 7) is 5.97. The predicted octanol–water partition coefficient (Wildman–Crippen LogP) is 3.55. The van der Waals surface area contributed by atoms with Gasteiger partial charge in [0, 0.05) is 18.0 Å². The Kier molecular flexibility index (Phi) is 5.32. The Labute approximate surface area is 116 Å². The molecule has 0 saturated carbocycles. The van der Waals surface area contributed by atoms with Gasteiger partial charge < -0.3 is 9.84 Å². The number of aliphatic hydroxyl groups is 1. The number of rotatable bonds is 4. The minimum Gasteiger partial charge on any atom is -0.390 e. The molecule has 0 fully saturated rings. The van der Waals surface area contributed by atoms with Crippen LogP contribution in [0.2, 0.25) is 0 Å². The van der Waals surface area contributed by atoms with E-state index in [0.29, 0.717) is 10.0 Å². The first-order valence-corrected chi connectivity index (χ1v) is 6.69. The Balaban J connectivity index is 2.83. The van der Waals surface area contributed by atoms with Gasteiger partial charge in [0.25, 0.3) is 0 Å². The first-order chi connectivity index (χ1) is 8.25. The molecule has 0 aliphatic carbocycles. The summed E-state index contributed by atoms with van der Waals surface area (Å²) in [6, 6.07) is 4.85. The standard InChI is InChI=1S/C14H20BrFO2/c1-14(2,3)13(18-4)12(17)7-9-5-6-10(15)8-11(9)16/h5-6,8,12-13,17H,7H2,1-4H3. The van der Waals surface area contributed by atoms with Crippen molar-refractivity contribution in [3.63, 3.8) is 0 Å². The van der Waals surface area contributed by atoms with E-state index in [1.165, 1.54) is 6.07 Å². The molecule has 0 saturated heterocycles. The van der Waals surface area contributed by atoms with E-state index in [0.717, 1.165) is 0 Å². The zero-order valence-corrected chi connectivity index (χ0v) is 12.8. The molecule has 0 bridgehead atoms. The Hall–Kier alpha value is -0.450. The summed E-state index contributed by atoms with van der Waals surface area (Å²) < 4.78 is 19.7. The monoisotopic (exact) mass is 318 g/mol. The molecule has 4 heteroatoms. The highest BCUT2D eigenvalue weighted by Gasteiger charge is 2.31. The second-order valence-corrected chi connectivity index (χ2v) is 6.45. The largest absolute Gasteiger partial charge is 0.390 e. The molecule has 1 aromatic carbocycles. The van der Waals surface area contributed by atoms with E-state index in [1.54, 1.807) is 19.2 Å². The average Bonchev–Trinajstić information content (AvgIpc) is 2.21. The van der Waals surface area contributed by atoms with Gasteiger partial charge in [-0.2, -0.15) is 0 Å². The fourth-order valence-corrected chi connectivity index (χ4v) is 2.44. The Bertz CT molecular complexity index is 401. The van der Waals surface area contributed by atoms with Gasteiger partial charge in [-0.3, -0.25) is 0 Å². The zero-order valence-electron chi connectivity index (χ0n) is 11.2. The molecule has 0 aliphatic heterocycles. The lowest BCUT2D eigenvalue weighted by Crippen LogP contribution is -2.40. The topological polar surface area (TPSA) is 29.5 Å². The van der Waals surface area contributed by atoms with Crippen molar-refractivity contribution >= 4 is 15.9 Å². The molecular weight excluding hydrogens is 299 g/mol. The molecular formula is C14H20BrFO2. The molecule has 102 valence electrons. The van der Waals surface area contributed by atoms with Gasteiger partial charge in [-0.05, 0) is 23.1 Å². The van der Waals surface area contributed by atoms with Gasteiger partial charge in [0.05, 0.1) is 12.2 Å². The van der Waals surface area contributed by atoms with Crippen molar-refractivity contribution in [2.75, 3.05) is 7.11 Å². The van der Waals surface area contributed by atoms with Crippen LogP contribution < -0.4 is 0 Å². The van der Waals surface area contributed by atoms with E-state index in [9.17, 15) is 9.50 Å². The highest BCUT2D eigenvalue weighted by molar-refractivity contribution is 9.10. The maximum Gasteiger partial charge on any atom is 0.127 e. The summed E-state index contributed by atoms with van der Waals surface area (Å²) in [5.74, 6) is -0.313. The van der Waals surface area contributed by atoms with E-state index in [1.807, 2.05) is 20.8 Å². The van der Waals surface area contributed by atoms with Crippen LogP contribution in [0.15, 0.2) is 22.7 Å². The van der Waals surface area contributed by atoms with Crippen LogP contribution in [0.25, 0.3) is 0 Å². The SMILES string of the molecule is COC(C(O)Cc1ccc(Br)cc1F)C(C)(C)C. The molecule has 0 aliphatic rings. The van der Waals surface area contributed by atoms with Crippen LogP contribution in [0.1, 0.15) is 26.3 Å². The lowest BCUT2D eigenvalue weighted by molar-refractivity contribution is -0.0701. The molecule has 0 spiro atoms. The van der Waals surface area contributed by atoms with Crippen LogP contribution in [0.5, 0.6) is 0 Å². The predicted molar refractivity (Wildman–Crippen MR) is 74.1 cm³/mol. The van der Waals surface area contributed by atoms with Crippen LogP contribution in [-0.4, -0.2) is 24.4 Å². The lowest BCUT2D eigenvalue weighted by Gasteiger charge is -2.33. The third-order valence-electron chi connectivity index (χ3n) is 2.90. The molecule has 2 nitrogen and oxygen atoms in total. The van der Waals surface area contributed by atoms with Gasteiger partial charge in [-0.25, -0.2) is 4.39 Å². The van der Waals surface area contributed by atoms with Crippen molar-refractivity contribution < 1.29 is 14.2 Å². The second kappa shape index (κ2) is 6.13. The van der Waals surface area contributed by atoms with Crippen molar-refractivity contribution in [2.45, 2.75) is 39.4 Å². The van der Waals surface area contributed by atoms with Gasteiger partial charge >= 0.3 is 0 Å². The molecule has 1 rings (SSSR count). The van der Waals surface area contributed by atoms with Crippen LogP contribution in [0, 0.1) is 11.2 Å². The number of hydrogen-bond donors (Lipinski definition) is 1. The molecule has 2 atom stereocenters. The third-order valence-corrected chi connectivity index (χ3v) is 3.39. The maximum absolute atomic E-state index is 13.7. The Morgan fingerprint density at radius 2 is 2.00 bits per heavy atom. The summed E-state index contributed by atoms with van der Waals surface area (Å²) in [5, 5.41) is 10.2. The summed E-state index contributed by atoms with van der Waals surface area (Å²) >= 11 is 3.21. The molecule has 0 aromatic heterocycles. The van der Waals surface area contributed by atoms with Gasteiger partial charge in [0.1, 0.15) is 5.82 Å². The summed E-state index contributed by atoms with van der Waals surface area (Å²) in [6.07, 6.45) is -0.819. The summed E-state index contributed by atoms with van der Waals surface area (Å²) in [5.41, 5.74) is 0.303. The van der Waals surface area contributed by atoms with Gasteiger partial charge in [-0.1, -0.05) is 42.8 Å². The number of benzene rings is 1. The molecule has 0 amide bonds. The van der Waals surface area contributed by atoms with Gasteiger partial charge in [-0.15, -0.1) is 0 Å². The quantitative estimate of drug-likeness (QED) is 0.920. The molecule has 0 heterocycles. The molecule has 18 heavy (non-hydrogen) atoms. The van der Waals surface area contributed by atoms with Crippen molar-refractivity contribution in [3.05, 3.63) is 34.1 Å². The number of hydrogen-bond acceptors (Lipinski definition) is 2. The van der Waals surface area contributed by atoms with Crippen molar-refractivity contribution in [2.24, 2.45) is 5.41 Å². The third kappa shape index (κ3) is 4.04. The first kappa shape index (κ1) is 15.6. The fourth-order valence-electron chi connectivity index (χ4n) is 2.11. The van der Waals surface area contributed by atoms with Crippen LogP contribution in [-0.2, 0) is 11.2 Å². The molecule has 0 radical (unpaired) electrons. The first-order valence-electron chi connectivity index (χ1n) is 5.90. The fraction of sp³-hybridized carbons (Fsp3) is 0.571. The van der Waals surface area contributed by atoms with E-state index in [-0.39, 0.29) is 23.8 Å². The van der Waals surface area contributed by atoms with Gasteiger partial charge in [0.15, 0.2) is 0 Å². The van der Waals surface area contributed by atoms with Crippen LogP contribution in [0.4, 0.5) is 4.39 Å². The molecule has 2 unspecified atom stereocenters. The Morgan fingerprint density at radius 3 is 2.44 bits per heavy atom. The summed E-state index contributed by atoms with van der Waals surface area (Å²) in [4.78, 5) is 0. The van der Waals surface area contributed by atoms with E-state index in [4.69, 9.17) is 4.74 Å². The van der Waals surface area contributed by atoms with Crippen molar-refractivity contribution in [1.29, 1.82) is 0 Å². The molecule has 1 aromatic rings. The van der Waals surface area contributed by atoms with E-state index >= 15 is 0 Å². The van der Waals surface area contributed by atoms with Crippen molar-refractivity contribution in [3.8, 4) is 0 Å². The minimum atomic E-state index is -0.731. The zero-order chi connectivity index (χ0) is 13.9. The number of methoxy groups -OCH3 is 1. The van der Waals surface area contributed by atoms with Crippen molar-refractivity contribution in [1.82, 2.24) is 0 Å². The Morgan fingerprint density at radius 1 is 1.39 bits per heavy atom. The lowest BCUT2D eigenvalue weighted by atomic mass is 9.83. The van der Waals surface area contributed by atoms with E-state index < -0.39 is 6.10 Å². The smallest absolute Gasteiger partial charge is 0.127 e. The maximum atomic E-state index is 13.7.